The van der Waals surface area contributed by atoms with Gasteiger partial charge in [0, 0.05) is 25.1 Å². The molecule has 0 aromatic carbocycles. The number of hydrogen-bond acceptors (Lipinski definition) is 3. The van der Waals surface area contributed by atoms with Crippen LogP contribution < -0.4 is 5.32 Å². The first-order valence-electron chi connectivity index (χ1n) is 7.19. The third kappa shape index (κ3) is 4.94. The number of aliphatic hydroxyl groups is 1. The zero-order valence-corrected chi connectivity index (χ0v) is 11.5. The van der Waals surface area contributed by atoms with E-state index in [0.29, 0.717) is 6.10 Å². The minimum absolute atomic E-state index is 0.0629. The molecule has 0 saturated heterocycles. The summed E-state index contributed by atoms with van der Waals surface area (Å²) in [5.41, 5.74) is 0.0629. The minimum Gasteiger partial charge on any atom is -0.396 e. The summed E-state index contributed by atoms with van der Waals surface area (Å²) in [6.45, 7) is 7.17. The Morgan fingerprint density at radius 1 is 1.24 bits per heavy atom. The van der Waals surface area contributed by atoms with E-state index in [1.807, 2.05) is 0 Å². The Hall–Kier alpha value is -0.120. The monoisotopic (exact) mass is 243 g/mol. The second kappa shape index (κ2) is 8.06. The predicted molar refractivity (Wildman–Crippen MR) is 71.2 cm³/mol. The summed E-state index contributed by atoms with van der Waals surface area (Å²) >= 11 is 0. The van der Waals surface area contributed by atoms with Crippen LogP contribution in [0.5, 0.6) is 0 Å². The first kappa shape index (κ1) is 14.9. The molecule has 1 fully saturated rings. The number of ether oxygens (including phenoxy) is 1. The van der Waals surface area contributed by atoms with Crippen LogP contribution in [0.3, 0.4) is 0 Å². The third-order valence-corrected chi connectivity index (χ3v) is 4.27. The summed E-state index contributed by atoms with van der Waals surface area (Å²) in [7, 11) is 0. The second-order valence-electron chi connectivity index (χ2n) is 5.32. The van der Waals surface area contributed by atoms with Crippen LogP contribution in [0.25, 0.3) is 0 Å². The molecule has 3 nitrogen and oxygen atoms in total. The van der Waals surface area contributed by atoms with Gasteiger partial charge in [0.25, 0.3) is 0 Å². The second-order valence-corrected chi connectivity index (χ2v) is 5.32. The Bertz CT molecular complexity index is 178. The van der Waals surface area contributed by atoms with Crippen LogP contribution in [0, 0.1) is 5.41 Å². The summed E-state index contributed by atoms with van der Waals surface area (Å²) in [5.74, 6) is 0. The largest absolute Gasteiger partial charge is 0.396 e. The SMILES string of the molecule is CCC(CC)(CO)CNCCOC1CCCC1. The van der Waals surface area contributed by atoms with Crippen LogP contribution in [0.2, 0.25) is 0 Å². The zero-order chi connectivity index (χ0) is 12.6. The molecule has 1 aliphatic carbocycles. The lowest BCUT2D eigenvalue weighted by Crippen LogP contribution is -2.38. The van der Waals surface area contributed by atoms with E-state index in [0.717, 1.165) is 32.5 Å². The molecule has 0 aromatic heterocycles. The molecular weight excluding hydrogens is 214 g/mol. The normalized spacial score (nSPS) is 17.8. The van der Waals surface area contributed by atoms with Gasteiger partial charge in [-0.15, -0.1) is 0 Å². The average molecular weight is 243 g/mol. The molecule has 0 aromatic rings. The number of rotatable bonds is 9. The summed E-state index contributed by atoms with van der Waals surface area (Å²) in [4.78, 5) is 0. The fourth-order valence-electron chi connectivity index (χ4n) is 2.49. The molecule has 0 heterocycles. The lowest BCUT2D eigenvalue weighted by atomic mass is 9.83. The third-order valence-electron chi connectivity index (χ3n) is 4.27. The van der Waals surface area contributed by atoms with Crippen LogP contribution in [0.4, 0.5) is 0 Å². The Morgan fingerprint density at radius 3 is 2.41 bits per heavy atom. The van der Waals surface area contributed by atoms with Crippen molar-refractivity contribution in [3.63, 3.8) is 0 Å². The molecular formula is C14H29NO2. The summed E-state index contributed by atoms with van der Waals surface area (Å²) in [6, 6.07) is 0. The average Bonchev–Trinajstić information content (AvgIpc) is 2.88. The molecule has 1 rings (SSSR count). The van der Waals surface area contributed by atoms with Gasteiger partial charge in [-0.2, -0.15) is 0 Å². The van der Waals surface area contributed by atoms with Gasteiger partial charge in [-0.25, -0.2) is 0 Å². The number of nitrogens with one attached hydrogen (secondary N) is 1. The smallest absolute Gasteiger partial charge is 0.0594 e. The van der Waals surface area contributed by atoms with E-state index in [1.54, 1.807) is 0 Å². The molecule has 1 saturated carbocycles. The Balaban J connectivity index is 2.05. The van der Waals surface area contributed by atoms with Gasteiger partial charge in [0.15, 0.2) is 0 Å². The van der Waals surface area contributed by atoms with Crippen LogP contribution in [-0.2, 0) is 4.74 Å². The highest BCUT2D eigenvalue weighted by Crippen LogP contribution is 2.24. The summed E-state index contributed by atoms with van der Waals surface area (Å²) in [5, 5.41) is 12.9. The van der Waals surface area contributed by atoms with E-state index in [-0.39, 0.29) is 12.0 Å². The van der Waals surface area contributed by atoms with Gasteiger partial charge in [-0.05, 0) is 25.7 Å². The minimum atomic E-state index is 0.0629. The van der Waals surface area contributed by atoms with Crippen molar-refractivity contribution >= 4 is 0 Å². The first-order valence-corrected chi connectivity index (χ1v) is 7.19. The van der Waals surface area contributed by atoms with Crippen LogP contribution in [0.1, 0.15) is 52.4 Å². The highest BCUT2D eigenvalue weighted by molar-refractivity contribution is 4.78. The Kier molecular flexibility index (Phi) is 7.09. The quantitative estimate of drug-likeness (QED) is 0.611. The van der Waals surface area contributed by atoms with Crippen molar-refractivity contribution in [2.24, 2.45) is 5.41 Å². The van der Waals surface area contributed by atoms with Gasteiger partial charge in [-0.1, -0.05) is 26.7 Å². The Labute approximate surface area is 106 Å². The number of aliphatic hydroxyl groups excluding tert-OH is 1. The van der Waals surface area contributed by atoms with Gasteiger partial charge >= 0.3 is 0 Å². The van der Waals surface area contributed by atoms with E-state index >= 15 is 0 Å². The predicted octanol–water partition coefficient (Wildman–Crippen LogP) is 2.33. The molecule has 0 bridgehead atoms. The van der Waals surface area contributed by atoms with Crippen LogP contribution >= 0.6 is 0 Å². The first-order chi connectivity index (χ1) is 8.26. The number of hydrogen-bond donors (Lipinski definition) is 2. The maximum atomic E-state index is 9.43. The highest BCUT2D eigenvalue weighted by atomic mass is 16.5. The van der Waals surface area contributed by atoms with E-state index in [9.17, 15) is 5.11 Å². The van der Waals surface area contributed by atoms with Gasteiger partial charge in [0.1, 0.15) is 0 Å². The molecule has 0 atom stereocenters. The van der Waals surface area contributed by atoms with E-state index in [2.05, 4.69) is 19.2 Å². The molecule has 3 heteroatoms. The molecule has 0 aliphatic heterocycles. The van der Waals surface area contributed by atoms with Crippen molar-refractivity contribution in [2.45, 2.75) is 58.5 Å². The fourth-order valence-corrected chi connectivity index (χ4v) is 2.49. The fraction of sp³-hybridized carbons (Fsp3) is 1.00. The van der Waals surface area contributed by atoms with Crippen LogP contribution in [-0.4, -0.2) is 37.5 Å². The maximum absolute atomic E-state index is 9.43. The van der Waals surface area contributed by atoms with Crippen molar-refractivity contribution in [3.05, 3.63) is 0 Å². The van der Waals surface area contributed by atoms with Gasteiger partial charge in [0.05, 0.1) is 12.7 Å². The van der Waals surface area contributed by atoms with Crippen molar-refractivity contribution in [2.75, 3.05) is 26.3 Å². The van der Waals surface area contributed by atoms with Crippen molar-refractivity contribution in [3.8, 4) is 0 Å². The molecule has 1 aliphatic rings. The molecule has 0 unspecified atom stereocenters. The topological polar surface area (TPSA) is 41.5 Å². The van der Waals surface area contributed by atoms with E-state index < -0.39 is 0 Å². The molecule has 0 spiro atoms. The molecule has 17 heavy (non-hydrogen) atoms. The Morgan fingerprint density at radius 2 is 1.88 bits per heavy atom. The van der Waals surface area contributed by atoms with Crippen molar-refractivity contribution in [1.82, 2.24) is 5.32 Å². The van der Waals surface area contributed by atoms with Crippen LogP contribution in [0.15, 0.2) is 0 Å². The van der Waals surface area contributed by atoms with E-state index in [1.165, 1.54) is 25.7 Å². The molecule has 0 radical (unpaired) electrons. The zero-order valence-electron chi connectivity index (χ0n) is 11.5. The lowest BCUT2D eigenvalue weighted by molar-refractivity contribution is 0.0557. The standard InChI is InChI=1S/C14H29NO2/c1-3-14(4-2,12-16)11-15-9-10-17-13-7-5-6-8-13/h13,15-16H,3-12H2,1-2H3. The summed E-state index contributed by atoms with van der Waals surface area (Å²) in [6.07, 6.45) is 7.70. The lowest BCUT2D eigenvalue weighted by Gasteiger charge is -2.29. The van der Waals surface area contributed by atoms with Crippen molar-refractivity contribution < 1.29 is 9.84 Å². The van der Waals surface area contributed by atoms with Gasteiger partial charge in [-0.3, -0.25) is 0 Å². The van der Waals surface area contributed by atoms with E-state index in [4.69, 9.17) is 4.74 Å². The highest BCUT2D eigenvalue weighted by Gasteiger charge is 2.24. The molecule has 0 amide bonds. The van der Waals surface area contributed by atoms with Gasteiger partial charge in [0.2, 0.25) is 0 Å². The summed E-state index contributed by atoms with van der Waals surface area (Å²) < 4.78 is 5.79. The maximum Gasteiger partial charge on any atom is 0.0594 e. The van der Waals surface area contributed by atoms with Crippen molar-refractivity contribution in [1.29, 1.82) is 0 Å². The molecule has 102 valence electrons. The molecule has 2 N–H and O–H groups in total. The van der Waals surface area contributed by atoms with Gasteiger partial charge < -0.3 is 15.2 Å².